The Balaban J connectivity index is 1.79. The molecule has 2 aliphatic rings. The minimum atomic E-state index is -0.0414. The number of piperazine rings is 1. The number of hydrogen-bond donors (Lipinski definition) is 0. The van der Waals surface area contributed by atoms with Crippen LogP contribution in [0.1, 0.15) is 41.7 Å². The minimum Gasteiger partial charge on any atom is -0.369 e. The van der Waals surface area contributed by atoms with Crippen molar-refractivity contribution in [2.75, 3.05) is 32.7 Å². The molecule has 1 aromatic rings. The van der Waals surface area contributed by atoms with Crippen molar-refractivity contribution in [3.05, 3.63) is 17.0 Å². The maximum Gasteiger partial charge on any atom is 0.274 e. The molecule has 0 bridgehead atoms. The summed E-state index contributed by atoms with van der Waals surface area (Å²) < 4.78 is 7.63. The molecule has 7 heteroatoms. The van der Waals surface area contributed by atoms with Gasteiger partial charge in [0.15, 0.2) is 5.69 Å². The fourth-order valence-corrected chi connectivity index (χ4v) is 3.57. The van der Waals surface area contributed by atoms with E-state index in [1.807, 2.05) is 25.8 Å². The van der Waals surface area contributed by atoms with Crippen LogP contribution in [0.4, 0.5) is 0 Å². The van der Waals surface area contributed by atoms with E-state index < -0.39 is 0 Å². The Labute approximate surface area is 136 Å². The van der Waals surface area contributed by atoms with Gasteiger partial charge >= 0.3 is 0 Å². The monoisotopic (exact) mass is 317 g/mol. The number of fused-ring (bicyclic) bond motifs is 1. The summed E-state index contributed by atoms with van der Waals surface area (Å²) in [5.74, 6) is -0.000224. The number of aryl methyl sites for hydroxylation is 1. The van der Waals surface area contributed by atoms with E-state index in [0.29, 0.717) is 25.3 Å². The number of nitriles is 1. The number of hydrogen-bond acceptors (Lipinski definition) is 5. The summed E-state index contributed by atoms with van der Waals surface area (Å²) in [6.45, 7) is 7.23. The number of ether oxygens (including phenoxy) is 1. The SMILES string of the molecule is C[C@@H]1Cc2c(C(=O)N3CCN(CC#N)CC3)nn(C)c2[C@H](C)O1. The second-order valence-corrected chi connectivity index (χ2v) is 6.36. The highest BCUT2D eigenvalue weighted by Crippen LogP contribution is 2.32. The Kier molecular flexibility index (Phi) is 4.37. The summed E-state index contributed by atoms with van der Waals surface area (Å²) in [7, 11) is 1.87. The summed E-state index contributed by atoms with van der Waals surface area (Å²) >= 11 is 0. The average Bonchev–Trinajstić information content (AvgIpc) is 2.84. The van der Waals surface area contributed by atoms with Crippen LogP contribution in [0.15, 0.2) is 0 Å². The minimum absolute atomic E-state index is 0.000224. The number of aromatic nitrogens is 2. The van der Waals surface area contributed by atoms with Crippen molar-refractivity contribution in [3.63, 3.8) is 0 Å². The molecule has 0 unspecified atom stereocenters. The van der Waals surface area contributed by atoms with E-state index in [-0.39, 0.29) is 18.1 Å². The average molecular weight is 317 g/mol. The summed E-state index contributed by atoms with van der Waals surface area (Å²) in [4.78, 5) is 16.8. The van der Waals surface area contributed by atoms with E-state index in [1.54, 1.807) is 4.68 Å². The molecule has 0 saturated carbocycles. The van der Waals surface area contributed by atoms with Gasteiger partial charge in [-0.15, -0.1) is 0 Å². The molecule has 23 heavy (non-hydrogen) atoms. The lowest BCUT2D eigenvalue weighted by atomic mass is 9.99. The predicted octanol–water partition coefficient (Wildman–Crippen LogP) is 0.724. The fourth-order valence-electron chi connectivity index (χ4n) is 3.57. The van der Waals surface area contributed by atoms with Gasteiger partial charge in [-0.2, -0.15) is 10.4 Å². The number of nitrogens with zero attached hydrogens (tertiary/aromatic N) is 5. The van der Waals surface area contributed by atoms with Gasteiger partial charge in [-0.3, -0.25) is 14.4 Å². The molecule has 1 amide bonds. The largest absolute Gasteiger partial charge is 0.369 e. The van der Waals surface area contributed by atoms with Gasteiger partial charge in [0.25, 0.3) is 5.91 Å². The van der Waals surface area contributed by atoms with Gasteiger partial charge in [0.1, 0.15) is 0 Å². The van der Waals surface area contributed by atoms with Gasteiger partial charge in [0.2, 0.25) is 0 Å². The van der Waals surface area contributed by atoms with Crippen molar-refractivity contribution >= 4 is 5.91 Å². The molecule has 0 radical (unpaired) electrons. The first-order valence-corrected chi connectivity index (χ1v) is 8.11. The van der Waals surface area contributed by atoms with E-state index in [0.717, 1.165) is 30.8 Å². The number of carbonyl (C=O) groups excluding carboxylic acids is 1. The van der Waals surface area contributed by atoms with E-state index in [4.69, 9.17) is 10.00 Å². The molecule has 1 fully saturated rings. The highest BCUT2D eigenvalue weighted by atomic mass is 16.5. The van der Waals surface area contributed by atoms with E-state index in [9.17, 15) is 4.79 Å². The molecule has 2 atom stereocenters. The standard InChI is InChI=1S/C16H23N5O2/c1-11-10-13-14(18-19(3)15(13)12(2)23-11)16(22)21-8-6-20(5-4-17)7-9-21/h11-12H,5-10H2,1-3H3/t11-,12+/m1/s1. The molecule has 124 valence electrons. The molecule has 0 spiro atoms. The quantitative estimate of drug-likeness (QED) is 0.752. The highest BCUT2D eigenvalue weighted by molar-refractivity contribution is 5.94. The topological polar surface area (TPSA) is 74.4 Å². The molecule has 0 aliphatic carbocycles. The Hall–Kier alpha value is -1.91. The summed E-state index contributed by atoms with van der Waals surface area (Å²) in [6, 6.07) is 2.16. The van der Waals surface area contributed by atoms with Crippen LogP contribution in [-0.2, 0) is 18.2 Å². The van der Waals surface area contributed by atoms with Crippen molar-refractivity contribution in [3.8, 4) is 6.07 Å². The molecule has 0 aromatic carbocycles. The molecule has 0 N–H and O–H groups in total. The Morgan fingerprint density at radius 2 is 2.04 bits per heavy atom. The van der Waals surface area contributed by atoms with Crippen LogP contribution in [0.25, 0.3) is 0 Å². The van der Waals surface area contributed by atoms with Gasteiger partial charge in [0.05, 0.1) is 30.5 Å². The van der Waals surface area contributed by atoms with Crippen molar-refractivity contribution in [1.29, 1.82) is 5.26 Å². The Morgan fingerprint density at radius 1 is 1.35 bits per heavy atom. The molecule has 1 aromatic heterocycles. The number of carbonyl (C=O) groups is 1. The normalized spacial score (nSPS) is 25.0. The van der Waals surface area contributed by atoms with Gasteiger partial charge in [-0.05, 0) is 13.8 Å². The van der Waals surface area contributed by atoms with Gasteiger partial charge in [-0.1, -0.05) is 0 Å². The first-order valence-electron chi connectivity index (χ1n) is 8.11. The zero-order chi connectivity index (χ0) is 16.6. The van der Waals surface area contributed by atoms with Crippen LogP contribution in [0, 0.1) is 11.3 Å². The lowest BCUT2D eigenvalue weighted by Crippen LogP contribution is -2.49. The van der Waals surface area contributed by atoms with Gasteiger partial charge < -0.3 is 9.64 Å². The highest BCUT2D eigenvalue weighted by Gasteiger charge is 2.33. The molecule has 1 saturated heterocycles. The van der Waals surface area contributed by atoms with Crippen LogP contribution in [0.3, 0.4) is 0 Å². The van der Waals surface area contributed by atoms with Crippen LogP contribution in [-0.4, -0.2) is 64.3 Å². The van der Waals surface area contributed by atoms with E-state index in [1.165, 1.54) is 0 Å². The van der Waals surface area contributed by atoms with Crippen molar-refractivity contribution in [1.82, 2.24) is 19.6 Å². The molecule has 3 rings (SSSR count). The Morgan fingerprint density at radius 3 is 2.70 bits per heavy atom. The lowest BCUT2D eigenvalue weighted by Gasteiger charge is -2.33. The van der Waals surface area contributed by atoms with Gasteiger partial charge in [-0.25, -0.2) is 0 Å². The van der Waals surface area contributed by atoms with Crippen LogP contribution in [0.2, 0.25) is 0 Å². The van der Waals surface area contributed by atoms with E-state index >= 15 is 0 Å². The van der Waals surface area contributed by atoms with Crippen LogP contribution < -0.4 is 0 Å². The van der Waals surface area contributed by atoms with Crippen molar-refractivity contribution in [2.24, 2.45) is 7.05 Å². The first-order chi connectivity index (χ1) is 11.0. The van der Waals surface area contributed by atoms with Crippen molar-refractivity contribution < 1.29 is 9.53 Å². The van der Waals surface area contributed by atoms with Gasteiger partial charge in [0, 0.05) is 45.2 Å². The van der Waals surface area contributed by atoms with E-state index in [2.05, 4.69) is 16.1 Å². The molecule has 3 heterocycles. The summed E-state index contributed by atoms with van der Waals surface area (Å²) in [5, 5.41) is 13.2. The zero-order valence-electron chi connectivity index (χ0n) is 13.9. The molecule has 2 aliphatic heterocycles. The van der Waals surface area contributed by atoms with Crippen LogP contribution >= 0.6 is 0 Å². The predicted molar refractivity (Wildman–Crippen MR) is 83.8 cm³/mol. The smallest absolute Gasteiger partial charge is 0.274 e. The maximum atomic E-state index is 12.9. The first kappa shape index (κ1) is 16.0. The third-order valence-corrected chi connectivity index (χ3v) is 4.66. The molecule has 7 nitrogen and oxygen atoms in total. The second-order valence-electron chi connectivity index (χ2n) is 6.36. The summed E-state index contributed by atoms with van der Waals surface area (Å²) in [6.07, 6.45) is 0.782. The lowest BCUT2D eigenvalue weighted by molar-refractivity contribution is -0.00908. The molecular formula is C16H23N5O2. The third-order valence-electron chi connectivity index (χ3n) is 4.66. The van der Waals surface area contributed by atoms with Crippen molar-refractivity contribution in [2.45, 2.75) is 32.5 Å². The number of rotatable bonds is 2. The molecular weight excluding hydrogens is 294 g/mol. The third kappa shape index (κ3) is 2.96. The fraction of sp³-hybridized carbons (Fsp3) is 0.688. The van der Waals surface area contributed by atoms with Crippen LogP contribution in [0.5, 0.6) is 0 Å². The number of amides is 1. The second kappa shape index (κ2) is 6.30. The Bertz CT molecular complexity index is 640. The maximum absolute atomic E-state index is 12.9. The zero-order valence-corrected chi connectivity index (χ0v) is 13.9. The summed E-state index contributed by atoms with van der Waals surface area (Å²) in [5.41, 5.74) is 2.61.